The van der Waals surface area contributed by atoms with Gasteiger partial charge in [0.2, 0.25) is 0 Å². The first-order chi connectivity index (χ1) is 13.1. The highest BCUT2D eigenvalue weighted by Gasteiger charge is 2.10. The molecule has 4 N–H and O–H groups in total. The van der Waals surface area contributed by atoms with Crippen LogP contribution in [0.5, 0.6) is 5.75 Å². The third-order valence-corrected chi connectivity index (χ3v) is 4.66. The summed E-state index contributed by atoms with van der Waals surface area (Å²) in [5.74, 6) is 1.10. The molecule has 0 atom stereocenters. The van der Waals surface area contributed by atoms with E-state index in [1.807, 2.05) is 54.6 Å². The summed E-state index contributed by atoms with van der Waals surface area (Å²) in [4.78, 5) is 3.98. The van der Waals surface area contributed by atoms with Crippen LogP contribution in [0.25, 0.3) is 0 Å². The van der Waals surface area contributed by atoms with Gasteiger partial charge in [-0.05, 0) is 35.4 Å². The fraction of sp³-hybridized carbons (Fsp3) is 0.0952. The lowest BCUT2D eigenvalue weighted by Gasteiger charge is -2.09. The molecule has 0 unspecified atom stereocenters. The Labute approximate surface area is 162 Å². The minimum absolute atomic E-state index is 0.230. The van der Waals surface area contributed by atoms with Crippen LogP contribution in [-0.4, -0.2) is 15.1 Å². The number of anilines is 1. The molecule has 0 aliphatic rings. The predicted octanol–water partition coefficient (Wildman–Crippen LogP) is 4.52. The fourth-order valence-electron chi connectivity index (χ4n) is 2.45. The summed E-state index contributed by atoms with van der Waals surface area (Å²) in [5.41, 5.74) is 8.45. The van der Waals surface area contributed by atoms with E-state index < -0.39 is 0 Å². The lowest BCUT2D eigenvalue weighted by Crippen LogP contribution is -2.06. The van der Waals surface area contributed by atoms with Gasteiger partial charge in [0.15, 0.2) is 0 Å². The van der Waals surface area contributed by atoms with Gasteiger partial charge in [0.25, 0.3) is 0 Å². The standard InChI is InChI=1S/C21H20N4OS/c22-19(27-21(24)18-7-4-12-25-20(18)23)13-15-8-10-17(11-9-15)26-14-16-5-2-1-3-6-16/h1-12,22,24H,13-14H2,(H2,23,25). The summed E-state index contributed by atoms with van der Waals surface area (Å²) in [6.45, 7) is 0.523. The maximum Gasteiger partial charge on any atom is 0.133 e. The Balaban J connectivity index is 1.52. The molecule has 3 rings (SSSR count). The maximum absolute atomic E-state index is 8.15. The first-order valence-electron chi connectivity index (χ1n) is 8.42. The Morgan fingerprint density at radius 2 is 1.67 bits per heavy atom. The van der Waals surface area contributed by atoms with Gasteiger partial charge in [0, 0.05) is 18.2 Å². The molecule has 1 heterocycles. The molecule has 0 saturated heterocycles. The van der Waals surface area contributed by atoms with Crippen molar-refractivity contribution < 1.29 is 4.74 Å². The van der Waals surface area contributed by atoms with Crippen LogP contribution in [0, 0.1) is 10.8 Å². The van der Waals surface area contributed by atoms with E-state index in [1.165, 1.54) is 0 Å². The SMILES string of the molecule is N=C(Cc1ccc(OCc2ccccc2)cc1)SC(=N)c1cccnc1N. The topological polar surface area (TPSA) is 95.8 Å². The van der Waals surface area contributed by atoms with E-state index >= 15 is 0 Å². The molecule has 1 aromatic heterocycles. The highest BCUT2D eigenvalue weighted by Crippen LogP contribution is 2.20. The van der Waals surface area contributed by atoms with Crippen molar-refractivity contribution >= 4 is 27.7 Å². The molecule has 0 aliphatic carbocycles. The number of nitrogens with one attached hydrogen (secondary N) is 2. The molecule has 0 radical (unpaired) electrons. The van der Waals surface area contributed by atoms with Crippen LogP contribution in [-0.2, 0) is 13.0 Å². The van der Waals surface area contributed by atoms with Gasteiger partial charge in [-0.25, -0.2) is 4.98 Å². The second kappa shape index (κ2) is 9.00. The molecule has 2 aromatic carbocycles. The first kappa shape index (κ1) is 18.7. The molecule has 5 nitrogen and oxygen atoms in total. The third kappa shape index (κ3) is 5.43. The summed E-state index contributed by atoms with van der Waals surface area (Å²) >= 11 is 1.09. The lowest BCUT2D eigenvalue weighted by molar-refractivity contribution is 0.306. The number of hydrogen-bond donors (Lipinski definition) is 3. The number of nitrogen functional groups attached to an aromatic ring is 1. The van der Waals surface area contributed by atoms with Gasteiger partial charge < -0.3 is 10.5 Å². The third-order valence-electron chi connectivity index (χ3n) is 3.84. The van der Waals surface area contributed by atoms with Crippen molar-refractivity contribution in [1.82, 2.24) is 4.98 Å². The van der Waals surface area contributed by atoms with E-state index in [-0.39, 0.29) is 5.04 Å². The van der Waals surface area contributed by atoms with Gasteiger partial charge in [-0.3, -0.25) is 10.8 Å². The fourth-order valence-corrected chi connectivity index (χ4v) is 3.22. The minimum atomic E-state index is 0.230. The number of thioether (sulfide) groups is 1. The van der Waals surface area contributed by atoms with Crippen molar-refractivity contribution in [1.29, 1.82) is 10.8 Å². The number of nitrogens with two attached hydrogens (primary N) is 1. The van der Waals surface area contributed by atoms with Gasteiger partial charge in [0.05, 0.1) is 5.04 Å². The second-order valence-corrected chi connectivity index (χ2v) is 6.99. The van der Waals surface area contributed by atoms with Crippen molar-refractivity contribution in [3.05, 3.63) is 89.6 Å². The van der Waals surface area contributed by atoms with Gasteiger partial charge in [0.1, 0.15) is 23.2 Å². The van der Waals surface area contributed by atoms with Crippen LogP contribution in [0.2, 0.25) is 0 Å². The van der Waals surface area contributed by atoms with E-state index in [2.05, 4.69) is 4.98 Å². The number of nitrogens with zero attached hydrogens (tertiary/aromatic N) is 1. The largest absolute Gasteiger partial charge is 0.489 e. The van der Waals surface area contributed by atoms with Crippen molar-refractivity contribution in [3.63, 3.8) is 0 Å². The quantitative estimate of drug-likeness (QED) is 0.435. The number of pyridine rings is 1. The van der Waals surface area contributed by atoms with E-state index in [1.54, 1.807) is 18.3 Å². The van der Waals surface area contributed by atoms with E-state index in [0.29, 0.717) is 29.5 Å². The van der Waals surface area contributed by atoms with Gasteiger partial charge in [-0.2, -0.15) is 0 Å². The minimum Gasteiger partial charge on any atom is -0.489 e. The summed E-state index contributed by atoms with van der Waals surface area (Å²) in [6.07, 6.45) is 2.04. The zero-order valence-corrected chi connectivity index (χ0v) is 15.5. The molecule has 136 valence electrons. The zero-order chi connectivity index (χ0) is 19.1. The number of rotatable bonds is 6. The summed E-state index contributed by atoms with van der Waals surface area (Å²) in [6, 6.07) is 21.2. The molecule has 3 aromatic rings. The lowest BCUT2D eigenvalue weighted by atomic mass is 10.1. The van der Waals surface area contributed by atoms with E-state index in [4.69, 9.17) is 21.3 Å². The second-order valence-electron chi connectivity index (χ2n) is 5.89. The monoisotopic (exact) mass is 376 g/mol. The number of ether oxygens (including phenoxy) is 1. The van der Waals surface area contributed by atoms with E-state index in [9.17, 15) is 0 Å². The van der Waals surface area contributed by atoms with Crippen LogP contribution < -0.4 is 10.5 Å². The predicted molar refractivity (Wildman–Crippen MR) is 112 cm³/mol. The highest BCUT2D eigenvalue weighted by molar-refractivity contribution is 8.26. The van der Waals surface area contributed by atoms with E-state index in [0.717, 1.165) is 28.6 Å². The molecule has 6 heteroatoms. The van der Waals surface area contributed by atoms with Crippen molar-refractivity contribution in [2.45, 2.75) is 13.0 Å². The van der Waals surface area contributed by atoms with Gasteiger partial charge >= 0.3 is 0 Å². The van der Waals surface area contributed by atoms with Crippen LogP contribution in [0.15, 0.2) is 72.9 Å². The smallest absolute Gasteiger partial charge is 0.133 e. The Hall–Kier alpha value is -3.12. The number of hydrogen-bond acceptors (Lipinski definition) is 6. The van der Waals surface area contributed by atoms with Crippen LogP contribution in [0.3, 0.4) is 0 Å². The molecule has 0 bridgehead atoms. The van der Waals surface area contributed by atoms with Crippen LogP contribution in [0.1, 0.15) is 16.7 Å². The summed E-state index contributed by atoms with van der Waals surface area (Å²) in [5, 5.41) is 16.9. The molecular formula is C21H20N4OS. The normalized spacial score (nSPS) is 10.4. The van der Waals surface area contributed by atoms with Crippen molar-refractivity contribution in [3.8, 4) is 5.75 Å². The highest BCUT2D eigenvalue weighted by atomic mass is 32.2. The number of aromatic nitrogens is 1. The average molecular weight is 376 g/mol. The van der Waals surface area contributed by atoms with Crippen molar-refractivity contribution in [2.75, 3.05) is 5.73 Å². The number of benzene rings is 2. The zero-order valence-electron chi connectivity index (χ0n) is 14.7. The molecular weight excluding hydrogens is 356 g/mol. The molecule has 27 heavy (non-hydrogen) atoms. The van der Waals surface area contributed by atoms with Gasteiger partial charge in [-0.15, -0.1) is 0 Å². The molecule has 0 aliphatic heterocycles. The molecule has 0 amide bonds. The Morgan fingerprint density at radius 3 is 2.37 bits per heavy atom. The summed E-state index contributed by atoms with van der Waals surface area (Å²) < 4.78 is 5.77. The maximum atomic E-state index is 8.15. The summed E-state index contributed by atoms with van der Waals surface area (Å²) in [7, 11) is 0. The van der Waals surface area contributed by atoms with Crippen molar-refractivity contribution in [2.24, 2.45) is 0 Å². The molecule has 0 saturated carbocycles. The first-order valence-corrected chi connectivity index (χ1v) is 9.24. The Bertz CT molecular complexity index is 926. The molecule has 0 fully saturated rings. The van der Waals surface area contributed by atoms with Gasteiger partial charge in [-0.1, -0.05) is 54.2 Å². The molecule has 0 spiro atoms. The van der Waals surface area contributed by atoms with Crippen LogP contribution >= 0.6 is 11.8 Å². The average Bonchev–Trinajstić information content (AvgIpc) is 2.68. The van der Waals surface area contributed by atoms with Crippen LogP contribution in [0.4, 0.5) is 5.82 Å². The Morgan fingerprint density at radius 1 is 0.926 bits per heavy atom. The Kier molecular flexibility index (Phi) is 6.22.